The molecule has 0 saturated carbocycles. The Balaban J connectivity index is 1.23. The van der Waals surface area contributed by atoms with Crippen LogP contribution >= 0.6 is 0 Å². The van der Waals surface area contributed by atoms with Crippen molar-refractivity contribution < 1.29 is 4.79 Å². The Kier molecular flexibility index (Phi) is 4.53. The first kappa shape index (κ1) is 22.4. The van der Waals surface area contributed by atoms with Gasteiger partial charge in [-0.05, 0) is 71.1 Å². The lowest BCUT2D eigenvalue weighted by atomic mass is 9.99. The van der Waals surface area contributed by atoms with Crippen LogP contribution in [0.4, 0.5) is 0 Å². The minimum Gasteiger partial charge on any atom is -0.354 e. The number of rotatable bonds is 2. The van der Waals surface area contributed by atoms with Crippen LogP contribution in [0.1, 0.15) is 33.6 Å². The quantitative estimate of drug-likeness (QED) is 0.240. The van der Waals surface area contributed by atoms with Gasteiger partial charge in [0, 0.05) is 38.5 Å². The maximum absolute atomic E-state index is 13.4. The lowest BCUT2D eigenvalue weighted by Gasteiger charge is -2.09. The number of ketones is 1. The number of fused-ring (bicyclic) bond motifs is 10. The Morgan fingerprint density at radius 2 is 1.39 bits per heavy atom. The van der Waals surface area contributed by atoms with E-state index in [0.29, 0.717) is 0 Å². The summed E-state index contributed by atoms with van der Waals surface area (Å²) in [5, 5.41) is 3.46. The van der Waals surface area contributed by atoms with E-state index in [9.17, 15) is 4.79 Å². The SMILES string of the molecule is O=C1c2ccccc2-c2ccc3c([nH]c4ccc(-c5ccc6c(c5)c5c(n6-c6ccccc6)C=CCC=C5)cc43)c21. The second-order valence-electron chi connectivity index (χ2n) is 10.9. The highest BCUT2D eigenvalue weighted by Gasteiger charge is 2.29. The lowest BCUT2D eigenvalue weighted by molar-refractivity contribution is 0.104. The first-order chi connectivity index (χ1) is 20.3. The topological polar surface area (TPSA) is 37.8 Å². The number of allylic oxidation sites excluding steroid dienone is 2. The Bertz CT molecular complexity index is 2290. The number of carbonyl (C=O) groups is 1. The van der Waals surface area contributed by atoms with E-state index in [1.54, 1.807) is 0 Å². The summed E-state index contributed by atoms with van der Waals surface area (Å²) in [5.41, 5.74) is 12.7. The fraction of sp³-hybridized carbons (Fsp3) is 0.0263. The van der Waals surface area contributed by atoms with E-state index in [1.165, 1.54) is 27.7 Å². The van der Waals surface area contributed by atoms with Gasteiger partial charge in [-0.25, -0.2) is 0 Å². The Hall–Kier alpha value is -5.41. The summed E-state index contributed by atoms with van der Waals surface area (Å²) in [5.74, 6) is 0.101. The summed E-state index contributed by atoms with van der Waals surface area (Å²) in [6, 6.07) is 36.1. The summed E-state index contributed by atoms with van der Waals surface area (Å²) < 4.78 is 2.36. The molecule has 0 fully saturated rings. The number of aromatic amines is 1. The number of nitrogens with one attached hydrogen (secondary N) is 1. The third-order valence-corrected chi connectivity index (χ3v) is 8.69. The Morgan fingerprint density at radius 3 is 2.27 bits per heavy atom. The standard InChI is InChI=1S/C38H24N2O/c41-38-30-13-8-7-11-26(30)28-17-18-29-31-21-23(15-19-33(31)39-37(29)36(28)38)24-16-20-35-32(22-24)27-12-5-2-6-14-34(27)40(35)25-9-3-1-4-10-25/h1,3-22,39H,2H2. The average Bonchev–Trinajstić information content (AvgIpc) is 3.56. The van der Waals surface area contributed by atoms with Gasteiger partial charge < -0.3 is 9.55 Å². The van der Waals surface area contributed by atoms with Gasteiger partial charge in [0.1, 0.15) is 0 Å². The van der Waals surface area contributed by atoms with Crippen molar-refractivity contribution >= 4 is 50.6 Å². The minimum absolute atomic E-state index is 0.101. The molecule has 5 aromatic carbocycles. The van der Waals surface area contributed by atoms with Crippen molar-refractivity contribution in [3.63, 3.8) is 0 Å². The predicted octanol–water partition coefficient (Wildman–Crippen LogP) is 9.57. The molecule has 2 aliphatic rings. The molecule has 41 heavy (non-hydrogen) atoms. The van der Waals surface area contributed by atoms with Crippen LogP contribution < -0.4 is 0 Å². The van der Waals surface area contributed by atoms with E-state index in [2.05, 4.69) is 113 Å². The molecule has 1 N–H and O–H groups in total. The van der Waals surface area contributed by atoms with Crippen molar-refractivity contribution in [2.45, 2.75) is 6.42 Å². The highest BCUT2D eigenvalue weighted by atomic mass is 16.1. The van der Waals surface area contributed by atoms with E-state index >= 15 is 0 Å². The third kappa shape index (κ3) is 3.12. The number of H-pyrrole nitrogens is 1. The molecule has 3 nitrogen and oxygen atoms in total. The highest BCUT2D eigenvalue weighted by Crippen LogP contribution is 2.43. The molecular weight excluding hydrogens is 500 g/mol. The second-order valence-corrected chi connectivity index (χ2v) is 10.9. The maximum atomic E-state index is 13.4. The molecule has 0 radical (unpaired) electrons. The van der Waals surface area contributed by atoms with E-state index < -0.39 is 0 Å². The van der Waals surface area contributed by atoms with Gasteiger partial charge in [0.05, 0.1) is 22.3 Å². The van der Waals surface area contributed by atoms with Crippen LogP contribution in [0.15, 0.2) is 115 Å². The second kappa shape index (κ2) is 8.30. The van der Waals surface area contributed by atoms with Crippen LogP contribution in [-0.2, 0) is 0 Å². The molecule has 2 aliphatic carbocycles. The van der Waals surface area contributed by atoms with Crippen LogP contribution in [0.3, 0.4) is 0 Å². The Labute approximate surface area is 236 Å². The number of carbonyl (C=O) groups excluding carboxylic acids is 1. The smallest absolute Gasteiger partial charge is 0.196 e. The summed E-state index contributed by atoms with van der Waals surface area (Å²) in [6.45, 7) is 0. The molecule has 0 aliphatic heterocycles. The van der Waals surface area contributed by atoms with Gasteiger partial charge in [-0.15, -0.1) is 0 Å². The minimum atomic E-state index is 0.101. The Morgan fingerprint density at radius 1 is 0.634 bits per heavy atom. The molecule has 0 unspecified atom stereocenters. The fourth-order valence-electron chi connectivity index (χ4n) is 6.81. The third-order valence-electron chi connectivity index (χ3n) is 8.69. The first-order valence-corrected chi connectivity index (χ1v) is 14.1. The number of aromatic nitrogens is 2. The number of hydrogen-bond donors (Lipinski definition) is 1. The predicted molar refractivity (Wildman–Crippen MR) is 170 cm³/mol. The van der Waals surface area contributed by atoms with E-state index in [1.807, 2.05) is 24.3 Å². The molecule has 0 amide bonds. The number of hydrogen-bond acceptors (Lipinski definition) is 1. The summed E-state index contributed by atoms with van der Waals surface area (Å²) in [7, 11) is 0. The highest BCUT2D eigenvalue weighted by molar-refractivity contribution is 6.29. The van der Waals surface area contributed by atoms with Crippen LogP contribution in [-0.4, -0.2) is 15.3 Å². The van der Waals surface area contributed by atoms with Gasteiger partial charge in [0.2, 0.25) is 0 Å². The molecule has 0 spiro atoms. The number of nitrogens with zero attached hydrogens (tertiary/aromatic N) is 1. The van der Waals surface area contributed by atoms with Crippen molar-refractivity contribution in [1.82, 2.24) is 9.55 Å². The number of benzene rings is 5. The first-order valence-electron chi connectivity index (χ1n) is 14.1. The lowest BCUT2D eigenvalue weighted by Crippen LogP contribution is -1.96. The van der Waals surface area contributed by atoms with Gasteiger partial charge in [-0.2, -0.15) is 0 Å². The fourth-order valence-corrected chi connectivity index (χ4v) is 6.81. The number of para-hydroxylation sites is 1. The molecule has 0 atom stereocenters. The summed E-state index contributed by atoms with van der Waals surface area (Å²) in [6.07, 6.45) is 9.91. The molecule has 2 aromatic heterocycles. The van der Waals surface area contributed by atoms with E-state index in [4.69, 9.17) is 0 Å². The molecule has 0 saturated heterocycles. The van der Waals surface area contributed by atoms with Gasteiger partial charge in [0.25, 0.3) is 0 Å². The maximum Gasteiger partial charge on any atom is 0.196 e. The zero-order valence-electron chi connectivity index (χ0n) is 22.2. The van der Waals surface area contributed by atoms with Crippen molar-refractivity contribution in [3.05, 3.63) is 138 Å². The van der Waals surface area contributed by atoms with Crippen LogP contribution in [0.2, 0.25) is 0 Å². The van der Waals surface area contributed by atoms with Crippen LogP contribution in [0.25, 0.3) is 72.8 Å². The normalized spacial score (nSPS) is 13.6. The zero-order valence-corrected chi connectivity index (χ0v) is 22.2. The molecule has 7 aromatic rings. The molecule has 192 valence electrons. The average molecular weight is 525 g/mol. The van der Waals surface area contributed by atoms with Gasteiger partial charge in [-0.3, -0.25) is 4.79 Å². The van der Waals surface area contributed by atoms with Crippen molar-refractivity contribution in [1.29, 1.82) is 0 Å². The molecule has 9 rings (SSSR count). The monoisotopic (exact) mass is 524 g/mol. The van der Waals surface area contributed by atoms with E-state index in [0.717, 1.165) is 61.7 Å². The van der Waals surface area contributed by atoms with Gasteiger partial charge >= 0.3 is 0 Å². The van der Waals surface area contributed by atoms with Crippen LogP contribution in [0.5, 0.6) is 0 Å². The van der Waals surface area contributed by atoms with E-state index in [-0.39, 0.29) is 5.78 Å². The molecule has 0 bridgehead atoms. The largest absolute Gasteiger partial charge is 0.354 e. The molecule has 2 heterocycles. The summed E-state index contributed by atoms with van der Waals surface area (Å²) >= 11 is 0. The van der Waals surface area contributed by atoms with Gasteiger partial charge in [-0.1, -0.05) is 85.0 Å². The molecular formula is C38H24N2O. The summed E-state index contributed by atoms with van der Waals surface area (Å²) in [4.78, 5) is 17.0. The van der Waals surface area contributed by atoms with Crippen LogP contribution in [0, 0.1) is 0 Å². The van der Waals surface area contributed by atoms with Crippen molar-refractivity contribution in [2.24, 2.45) is 0 Å². The molecule has 3 heteroatoms. The van der Waals surface area contributed by atoms with Gasteiger partial charge in [0.15, 0.2) is 5.78 Å². The van der Waals surface area contributed by atoms with Crippen molar-refractivity contribution in [2.75, 3.05) is 0 Å². The zero-order chi connectivity index (χ0) is 27.1. The van der Waals surface area contributed by atoms with Crippen molar-refractivity contribution in [3.8, 4) is 27.9 Å².